The number of fused-ring (bicyclic) bond motifs is 2. The summed E-state index contributed by atoms with van der Waals surface area (Å²) in [4.78, 5) is 44.1. The molecule has 2 aliphatic rings. The Morgan fingerprint density at radius 2 is 1.64 bits per heavy atom. The van der Waals surface area contributed by atoms with Gasteiger partial charge in [0.25, 0.3) is 10.1 Å². The number of imidazole rings is 1. The molecule has 2 aromatic carbocycles. The maximum Gasteiger partial charge on any atom is 0.326 e. The highest BCUT2D eigenvalue weighted by molar-refractivity contribution is 7.89. The standard InChI is InChI=1S/C41H52N6O10S2/c1-6-46-33-18-16-28(58(53,54)44-20-11-15-38(49)50)23-30(33)40(2,3)35(46)12-10-13-36-41(4,5)31-24-29(59(55,56)57)17-19-34(31)47(36)21-9-7-8-14-37(48)45-32(39(51)52)22-27-25-42-26-43-27/h10,12-13,16-19,23-26,32,44H,6-9,11,14-15,20-22H2,1-5H3,(H4-,42,43,45,48,49,50,51,52,55,56,57)/p+1. The van der Waals surface area contributed by atoms with Crippen molar-refractivity contribution >= 4 is 55.1 Å². The number of carboxylic acid groups (broad SMARTS) is 2. The van der Waals surface area contributed by atoms with Gasteiger partial charge in [-0.3, -0.25) is 14.1 Å². The fraction of sp³-hybridized carbons (Fsp3) is 0.439. The number of rotatable bonds is 20. The number of benzene rings is 2. The molecule has 0 radical (unpaired) electrons. The van der Waals surface area contributed by atoms with Crippen LogP contribution in [0.15, 0.2) is 82.6 Å². The normalized spacial score (nSPS) is 17.1. The fourth-order valence-corrected chi connectivity index (χ4v) is 9.40. The van der Waals surface area contributed by atoms with Crippen LogP contribution in [0.3, 0.4) is 0 Å². The Kier molecular flexibility index (Phi) is 13.7. The lowest BCUT2D eigenvalue weighted by molar-refractivity contribution is -0.438. The summed E-state index contributed by atoms with van der Waals surface area (Å²) in [5.74, 6) is -2.51. The number of carbonyl (C=O) groups is 3. The molecule has 3 heterocycles. The van der Waals surface area contributed by atoms with Crippen LogP contribution in [0.25, 0.3) is 0 Å². The number of unbranched alkanes of at least 4 members (excludes halogenated alkanes) is 2. The minimum absolute atomic E-state index is 0.000693. The third-order valence-corrected chi connectivity index (χ3v) is 13.2. The van der Waals surface area contributed by atoms with Crippen molar-refractivity contribution in [1.29, 1.82) is 0 Å². The summed E-state index contributed by atoms with van der Waals surface area (Å²) >= 11 is 0. The van der Waals surface area contributed by atoms with Gasteiger partial charge in [-0.15, -0.1) is 0 Å². The topological polar surface area (TPSA) is 239 Å². The van der Waals surface area contributed by atoms with Gasteiger partial charge in [0.15, 0.2) is 5.71 Å². The number of aromatic nitrogens is 2. The second-order valence-electron chi connectivity index (χ2n) is 15.7. The molecule has 16 nitrogen and oxygen atoms in total. The van der Waals surface area contributed by atoms with E-state index in [0.717, 1.165) is 28.3 Å². The summed E-state index contributed by atoms with van der Waals surface area (Å²) in [5.41, 5.74) is 4.28. The number of hydrogen-bond acceptors (Lipinski definition) is 9. The Morgan fingerprint density at radius 3 is 2.29 bits per heavy atom. The number of nitrogens with zero attached hydrogens (tertiary/aromatic N) is 3. The number of carbonyl (C=O) groups excluding carboxylic acids is 1. The lowest BCUT2D eigenvalue weighted by atomic mass is 9.81. The number of nitrogens with one attached hydrogen (secondary N) is 3. The number of allylic oxidation sites excluding steroid dienone is 4. The number of amides is 1. The molecular formula is C41H53N6O10S2+. The molecule has 0 saturated carbocycles. The maximum atomic E-state index is 13.2. The SMILES string of the molecule is CCN1/C(=C\C=C\C2=[N+](CCCCCC(=O)NC(Cc3cnc[nH]3)C(=O)O)c3ccc(S(=O)(=O)O)cc3C2(C)C)C(C)(C)c2cc(S(=O)(=O)NCCCC(=O)O)ccc21. The van der Waals surface area contributed by atoms with Crippen LogP contribution in [-0.4, -0.2) is 95.4 Å². The van der Waals surface area contributed by atoms with E-state index in [1.165, 1.54) is 24.7 Å². The van der Waals surface area contributed by atoms with E-state index in [4.69, 9.17) is 5.11 Å². The molecule has 0 aliphatic carbocycles. The highest BCUT2D eigenvalue weighted by Crippen LogP contribution is 2.48. The van der Waals surface area contributed by atoms with E-state index in [-0.39, 0.29) is 47.9 Å². The van der Waals surface area contributed by atoms with Crippen molar-refractivity contribution in [2.24, 2.45) is 0 Å². The Balaban J connectivity index is 1.36. The van der Waals surface area contributed by atoms with Gasteiger partial charge in [0.1, 0.15) is 12.6 Å². The van der Waals surface area contributed by atoms with E-state index in [0.29, 0.717) is 43.6 Å². The average Bonchev–Trinajstić information content (AvgIpc) is 3.81. The summed E-state index contributed by atoms with van der Waals surface area (Å²) < 4.78 is 65.1. The number of hydrogen-bond donors (Lipinski definition) is 6. The van der Waals surface area contributed by atoms with Crippen molar-refractivity contribution in [3.05, 3.63) is 89.7 Å². The molecule has 0 spiro atoms. The molecule has 3 aromatic rings. The predicted molar refractivity (Wildman–Crippen MR) is 221 cm³/mol. The summed E-state index contributed by atoms with van der Waals surface area (Å²) in [5, 5.41) is 21.1. The summed E-state index contributed by atoms with van der Waals surface area (Å²) in [7, 11) is -8.36. The second-order valence-corrected chi connectivity index (χ2v) is 18.9. The molecule has 0 fully saturated rings. The highest BCUT2D eigenvalue weighted by atomic mass is 32.2. The highest BCUT2D eigenvalue weighted by Gasteiger charge is 2.45. The smallest absolute Gasteiger partial charge is 0.326 e. The lowest BCUT2D eigenvalue weighted by Crippen LogP contribution is -2.42. The summed E-state index contributed by atoms with van der Waals surface area (Å²) in [6, 6.07) is 8.45. The number of likely N-dealkylation sites (N-methyl/N-ethyl adjacent to an activating group) is 1. The molecular weight excluding hydrogens is 801 g/mol. The van der Waals surface area contributed by atoms with E-state index >= 15 is 0 Å². The molecule has 1 amide bonds. The van der Waals surface area contributed by atoms with Crippen LogP contribution in [0.1, 0.15) is 90.0 Å². The van der Waals surface area contributed by atoms with Crippen LogP contribution in [0, 0.1) is 0 Å². The zero-order valence-corrected chi connectivity index (χ0v) is 35.5. The largest absolute Gasteiger partial charge is 0.481 e. The van der Waals surface area contributed by atoms with E-state index in [1.807, 2.05) is 52.8 Å². The molecule has 318 valence electrons. The molecule has 59 heavy (non-hydrogen) atoms. The first-order valence-corrected chi connectivity index (χ1v) is 22.4. The quantitative estimate of drug-likeness (QED) is 0.0511. The number of carboxylic acids is 2. The zero-order valence-electron chi connectivity index (χ0n) is 33.9. The minimum Gasteiger partial charge on any atom is -0.481 e. The average molecular weight is 854 g/mol. The van der Waals surface area contributed by atoms with E-state index in [2.05, 4.69) is 29.5 Å². The van der Waals surface area contributed by atoms with Crippen molar-refractivity contribution in [2.75, 3.05) is 24.5 Å². The van der Waals surface area contributed by atoms with Crippen LogP contribution in [0.2, 0.25) is 0 Å². The van der Waals surface area contributed by atoms with Gasteiger partial charge in [-0.25, -0.2) is 22.9 Å². The Hall–Kier alpha value is -5.17. The lowest BCUT2D eigenvalue weighted by Gasteiger charge is -2.25. The Morgan fingerprint density at radius 1 is 0.932 bits per heavy atom. The van der Waals surface area contributed by atoms with Crippen molar-refractivity contribution in [3.63, 3.8) is 0 Å². The van der Waals surface area contributed by atoms with E-state index in [9.17, 15) is 40.9 Å². The third-order valence-electron chi connectivity index (χ3n) is 10.9. The van der Waals surface area contributed by atoms with Crippen LogP contribution >= 0.6 is 0 Å². The number of aromatic amines is 1. The van der Waals surface area contributed by atoms with Crippen LogP contribution in [0.5, 0.6) is 0 Å². The van der Waals surface area contributed by atoms with Gasteiger partial charge in [-0.1, -0.05) is 19.9 Å². The van der Waals surface area contributed by atoms with Gasteiger partial charge >= 0.3 is 11.9 Å². The summed E-state index contributed by atoms with van der Waals surface area (Å²) in [6.07, 6.45) is 10.9. The first kappa shape index (κ1) is 44.9. The molecule has 0 saturated heterocycles. The van der Waals surface area contributed by atoms with Gasteiger partial charge in [0.05, 0.1) is 21.5 Å². The van der Waals surface area contributed by atoms with Crippen molar-refractivity contribution in [2.45, 2.75) is 106 Å². The molecule has 5 rings (SSSR count). The molecule has 1 unspecified atom stereocenters. The van der Waals surface area contributed by atoms with Gasteiger partial charge < -0.3 is 25.4 Å². The van der Waals surface area contributed by atoms with Crippen LogP contribution in [0.4, 0.5) is 11.4 Å². The van der Waals surface area contributed by atoms with Crippen LogP contribution < -0.4 is 14.9 Å². The summed E-state index contributed by atoms with van der Waals surface area (Å²) in [6.45, 7) is 11.1. The fourth-order valence-electron chi connectivity index (χ4n) is 7.79. The molecule has 2 aliphatic heterocycles. The number of anilines is 1. The third kappa shape index (κ3) is 10.2. The number of sulfonamides is 1. The van der Waals surface area contributed by atoms with Crippen molar-refractivity contribution < 1.29 is 50.6 Å². The molecule has 1 atom stereocenters. The van der Waals surface area contributed by atoms with E-state index < -0.39 is 49.0 Å². The molecule has 0 bridgehead atoms. The molecule has 18 heteroatoms. The number of aliphatic carboxylic acids is 2. The first-order chi connectivity index (χ1) is 27.7. The van der Waals surface area contributed by atoms with Gasteiger partial charge in [-0.05, 0) is 82.0 Å². The Bertz CT molecular complexity index is 2400. The molecule has 6 N–H and O–H groups in total. The van der Waals surface area contributed by atoms with Crippen molar-refractivity contribution in [3.8, 4) is 0 Å². The second kappa shape index (κ2) is 18.0. The predicted octanol–water partition coefficient (Wildman–Crippen LogP) is 4.81. The van der Waals surface area contributed by atoms with Crippen molar-refractivity contribution in [1.82, 2.24) is 20.0 Å². The Labute approximate surface area is 344 Å². The molecule has 1 aromatic heterocycles. The monoisotopic (exact) mass is 853 g/mol. The maximum absolute atomic E-state index is 13.2. The number of H-pyrrole nitrogens is 1. The van der Waals surface area contributed by atoms with E-state index in [1.54, 1.807) is 24.3 Å². The van der Waals surface area contributed by atoms with Gasteiger partial charge in [0, 0.05) is 85.2 Å². The van der Waals surface area contributed by atoms with Crippen LogP contribution in [-0.2, 0) is 51.8 Å². The van der Waals surface area contributed by atoms with Gasteiger partial charge in [-0.2, -0.15) is 13.0 Å². The minimum atomic E-state index is -4.47. The van der Waals surface area contributed by atoms with Gasteiger partial charge in [0.2, 0.25) is 21.6 Å². The zero-order chi connectivity index (χ0) is 43.3. The first-order valence-electron chi connectivity index (χ1n) is 19.5.